The standard InChI is InChI=1S/C27H23FN2O5/c1-2-8-23(25(31)30-24-20(26(32)33)13-7-14-22(24)28)29-27(34)35-15-21-18-11-5-3-9-16(18)17-10-4-6-12-19(17)21/h2-7,9-14,21,23H,1,8,15H2,(H,29,34)(H,30,31)(H,32,33). The van der Waals surface area contributed by atoms with Crippen molar-refractivity contribution in [2.75, 3.05) is 11.9 Å². The maximum Gasteiger partial charge on any atom is 0.407 e. The van der Waals surface area contributed by atoms with E-state index in [1.165, 1.54) is 18.2 Å². The van der Waals surface area contributed by atoms with Crippen molar-refractivity contribution in [3.8, 4) is 11.1 Å². The summed E-state index contributed by atoms with van der Waals surface area (Å²) in [5.41, 5.74) is 3.37. The quantitative estimate of drug-likeness (QED) is 0.401. The van der Waals surface area contributed by atoms with Gasteiger partial charge in [0.1, 0.15) is 18.5 Å². The Balaban J connectivity index is 1.45. The highest BCUT2D eigenvalue weighted by Crippen LogP contribution is 2.44. The number of carboxylic acids is 1. The summed E-state index contributed by atoms with van der Waals surface area (Å²) in [5, 5.41) is 14.0. The molecule has 35 heavy (non-hydrogen) atoms. The highest BCUT2D eigenvalue weighted by atomic mass is 19.1. The number of benzene rings is 3. The van der Waals surface area contributed by atoms with Crippen molar-refractivity contribution in [2.45, 2.75) is 18.4 Å². The Hall–Kier alpha value is -4.46. The van der Waals surface area contributed by atoms with Crippen LogP contribution in [0.2, 0.25) is 0 Å². The second kappa shape index (κ2) is 10.2. The van der Waals surface area contributed by atoms with Crippen molar-refractivity contribution in [1.29, 1.82) is 0 Å². The lowest BCUT2D eigenvalue weighted by Crippen LogP contribution is -2.44. The van der Waals surface area contributed by atoms with Gasteiger partial charge in [-0.1, -0.05) is 60.7 Å². The number of amides is 2. The summed E-state index contributed by atoms with van der Waals surface area (Å²) < 4.78 is 19.7. The number of nitrogens with one attached hydrogen (secondary N) is 2. The predicted molar refractivity (Wildman–Crippen MR) is 129 cm³/mol. The van der Waals surface area contributed by atoms with Crippen LogP contribution in [-0.2, 0) is 9.53 Å². The Bertz CT molecular complexity index is 1260. The molecule has 178 valence electrons. The first-order valence-corrected chi connectivity index (χ1v) is 11.0. The molecule has 0 aliphatic heterocycles. The van der Waals surface area contributed by atoms with Crippen LogP contribution in [0.5, 0.6) is 0 Å². The zero-order valence-corrected chi connectivity index (χ0v) is 18.7. The van der Waals surface area contributed by atoms with Crippen LogP contribution in [0.4, 0.5) is 14.9 Å². The fourth-order valence-corrected chi connectivity index (χ4v) is 4.22. The van der Waals surface area contributed by atoms with E-state index in [1.54, 1.807) is 0 Å². The topological polar surface area (TPSA) is 105 Å². The number of alkyl carbamates (subject to hydrolysis) is 1. The minimum absolute atomic E-state index is 0.0207. The van der Waals surface area contributed by atoms with E-state index >= 15 is 0 Å². The van der Waals surface area contributed by atoms with E-state index in [1.807, 2.05) is 48.5 Å². The van der Waals surface area contributed by atoms with Crippen molar-refractivity contribution in [1.82, 2.24) is 5.32 Å². The molecule has 0 aromatic heterocycles. The van der Waals surface area contributed by atoms with Crippen molar-refractivity contribution in [2.24, 2.45) is 0 Å². The Morgan fingerprint density at radius 2 is 1.63 bits per heavy atom. The molecule has 2 amide bonds. The van der Waals surface area contributed by atoms with E-state index in [4.69, 9.17) is 4.74 Å². The van der Waals surface area contributed by atoms with Crippen molar-refractivity contribution in [3.63, 3.8) is 0 Å². The van der Waals surface area contributed by atoms with Gasteiger partial charge < -0.3 is 20.5 Å². The Morgan fingerprint density at radius 3 is 2.23 bits per heavy atom. The highest BCUT2D eigenvalue weighted by Gasteiger charge is 2.30. The lowest BCUT2D eigenvalue weighted by atomic mass is 9.98. The molecule has 3 aromatic rings. The molecule has 1 atom stereocenters. The number of hydrogen-bond donors (Lipinski definition) is 3. The van der Waals surface area contributed by atoms with Crippen molar-refractivity contribution in [3.05, 3.63) is 102 Å². The molecule has 3 N–H and O–H groups in total. The number of ether oxygens (including phenoxy) is 1. The van der Waals surface area contributed by atoms with Gasteiger partial charge in [-0.05, 0) is 40.8 Å². The summed E-state index contributed by atoms with van der Waals surface area (Å²) in [7, 11) is 0. The Morgan fingerprint density at radius 1 is 1.00 bits per heavy atom. The molecule has 1 aliphatic rings. The molecule has 3 aromatic carbocycles. The monoisotopic (exact) mass is 474 g/mol. The van der Waals surface area contributed by atoms with Gasteiger partial charge >= 0.3 is 12.1 Å². The van der Waals surface area contributed by atoms with Crippen molar-refractivity contribution >= 4 is 23.7 Å². The fourth-order valence-electron chi connectivity index (χ4n) is 4.22. The molecule has 0 saturated carbocycles. The summed E-state index contributed by atoms with van der Waals surface area (Å²) in [6, 6.07) is 18.1. The van der Waals surface area contributed by atoms with Crippen LogP contribution < -0.4 is 10.6 Å². The number of anilines is 1. The van der Waals surface area contributed by atoms with E-state index in [0.29, 0.717) is 0 Å². The van der Waals surface area contributed by atoms with E-state index < -0.39 is 41.1 Å². The van der Waals surface area contributed by atoms with Crippen LogP contribution in [-0.4, -0.2) is 35.7 Å². The number of para-hydroxylation sites is 1. The largest absolute Gasteiger partial charge is 0.478 e. The van der Waals surface area contributed by atoms with Gasteiger partial charge in [0.2, 0.25) is 5.91 Å². The maximum atomic E-state index is 14.2. The first-order valence-electron chi connectivity index (χ1n) is 11.0. The van der Waals surface area contributed by atoms with Crippen LogP contribution in [0.15, 0.2) is 79.4 Å². The number of carbonyl (C=O) groups is 3. The number of halogens is 1. The summed E-state index contributed by atoms with van der Waals surface area (Å²) in [5.74, 6) is -3.26. The average molecular weight is 474 g/mol. The number of carbonyl (C=O) groups excluding carboxylic acids is 2. The van der Waals surface area contributed by atoms with E-state index in [2.05, 4.69) is 17.2 Å². The van der Waals surface area contributed by atoms with E-state index in [9.17, 15) is 23.9 Å². The SMILES string of the molecule is C=CCC(NC(=O)OCC1c2ccccc2-c2ccccc21)C(=O)Nc1c(F)cccc1C(=O)O. The van der Waals surface area contributed by atoms with Crippen LogP contribution in [0, 0.1) is 5.82 Å². The van der Waals surface area contributed by atoms with Gasteiger partial charge in [-0.25, -0.2) is 14.0 Å². The normalized spacial score (nSPS) is 12.7. The van der Waals surface area contributed by atoms with E-state index in [-0.39, 0.29) is 18.9 Å². The first kappa shape index (κ1) is 23.7. The lowest BCUT2D eigenvalue weighted by molar-refractivity contribution is -0.118. The van der Waals surface area contributed by atoms with Gasteiger partial charge in [0.05, 0.1) is 11.3 Å². The Kier molecular flexibility index (Phi) is 6.91. The van der Waals surface area contributed by atoms with Crippen LogP contribution in [0.3, 0.4) is 0 Å². The third kappa shape index (κ3) is 4.91. The molecule has 8 heteroatoms. The summed E-state index contributed by atoms with van der Waals surface area (Å²) >= 11 is 0. The molecule has 0 heterocycles. The smallest absolute Gasteiger partial charge is 0.407 e. The number of aromatic carboxylic acids is 1. The van der Waals surface area contributed by atoms with Gasteiger partial charge in [-0.15, -0.1) is 6.58 Å². The minimum atomic E-state index is -1.40. The third-order valence-corrected chi connectivity index (χ3v) is 5.85. The average Bonchev–Trinajstić information content (AvgIpc) is 3.17. The van der Waals surface area contributed by atoms with Crippen molar-refractivity contribution < 1.29 is 28.6 Å². The second-order valence-electron chi connectivity index (χ2n) is 8.00. The second-order valence-corrected chi connectivity index (χ2v) is 8.00. The zero-order chi connectivity index (χ0) is 24.9. The molecule has 4 rings (SSSR count). The fraction of sp³-hybridized carbons (Fsp3) is 0.148. The van der Waals surface area contributed by atoms with Gasteiger partial charge in [0.15, 0.2) is 0 Å². The minimum Gasteiger partial charge on any atom is -0.478 e. The van der Waals surface area contributed by atoms with Gasteiger partial charge in [-0.3, -0.25) is 4.79 Å². The molecule has 0 bridgehead atoms. The summed E-state index contributed by atoms with van der Waals surface area (Å²) in [4.78, 5) is 36.7. The van der Waals surface area contributed by atoms with Crippen LogP contribution in [0.1, 0.15) is 33.8 Å². The summed E-state index contributed by atoms with van der Waals surface area (Å²) in [6.07, 6.45) is 0.598. The number of carboxylic acid groups (broad SMARTS) is 1. The molecular formula is C27H23FN2O5. The third-order valence-electron chi connectivity index (χ3n) is 5.85. The molecule has 0 saturated heterocycles. The molecule has 7 nitrogen and oxygen atoms in total. The van der Waals surface area contributed by atoms with Gasteiger partial charge in [-0.2, -0.15) is 0 Å². The van der Waals surface area contributed by atoms with E-state index in [0.717, 1.165) is 28.3 Å². The van der Waals surface area contributed by atoms with Crippen LogP contribution in [0.25, 0.3) is 11.1 Å². The zero-order valence-electron chi connectivity index (χ0n) is 18.7. The van der Waals surface area contributed by atoms with Crippen LogP contribution >= 0.6 is 0 Å². The number of hydrogen-bond acceptors (Lipinski definition) is 4. The first-order chi connectivity index (χ1) is 16.9. The Labute approximate surface area is 201 Å². The molecule has 0 spiro atoms. The molecule has 0 radical (unpaired) electrons. The molecular weight excluding hydrogens is 451 g/mol. The molecule has 0 fully saturated rings. The molecule has 1 unspecified atom stereocenters. The number of rotatable bonds is 8. The highest BCUT2D eigenvalue weighted by molar-refractivity contribution is 6.03. The van der Waals surface area contributed by atoms with Gasteiger partial charge in [0, 0.05) is 5.92 Å². The predicted octanol–water partition coefficient (Wildman–Crippen LogP) is 4.95. The summed E-state index contributed by atoms with van der Waals surface area (Å²) in [6.45, 7) is 3.63. The maximum absolute atomic E-state index is 14.2. The molecule has 1 aliphatic carbocycles. The lowest BCUT2D eigenvalue weighted by Gasteiger charge is -2.19. The number of fused-ring (bicyclic) bond motifs is 3. The van der Waals surface area contributed by atoms with Gasteiger partial charge in [0.25, 0.3) is 0 Å².